The van der Waals surface area contributed by atoms with Crippen LogP contribution in [0, 0.1) is 6.92 Å². The fourth-order valence-corrected chi connectivity index (χ4v) is 3.56. The Labute approximate surface area is 176 Å². The van der Waals surface area contributed by atoms with E-state index in [0.717, 1.165) is 10.5 Å². The molecule has 1 N–H and O–H groups in total. The SMILES string of the molecule is Cc1ccc(Cl)cc1NC(=O)CN1N=N[C@@H]2C(=O)N(c3ccc(Cl)cc3)C(=O)[C@H]21. The Hall–Kier alpha value is -2.97. The summed E-state index contributed by atoms with van der Waals surface area (Å²) < 4.78 is 0. The number of nitrogens with one attached hydrogen (secondary N) is 1. The molecule has 2 aliphatic heterocycles. The summed E-state index contributed by atoms with van der Waals surface area (Å²) in [5, 5.41) is 12.7. The number of halogens is 2. The number of carbonyl (C=O) groups excluding carboxylic acids is 3. The largest absolute Gasteiger partial charge is 0.324 e. The number of nitrogens with zero attached hydrogens (tertiary/aromatic N) is 4. The van der Waals surface area contributed by atoms with Gasteiger partial charge in [0.15, 0.2) is 12.1 Å². The summed E-state index contributed by atoms with van der Waals surface area (Å²) in [5.74, 6) is -1.38. The van der Waals surface area contributed by atoms with Crippen LogP contribution in [0.25, 0.3) is 0 Å². The summed E-state index contributed by atoms with van der Waals surface area (Å²) in [6.45, 7) is 1.60. The molecule has 1 fully saturated rings. The zero-order valence-electron chi connectivity index (χ0n) is 15.2. The van der Waals surface area contributed by atoms with E-state index < -0.39 is 29.8 Å². The normalized spacial score (nSPS) is 20.4. The first-order valence-electron chi connectivity index (χ1n) is 8.72. The van der Waals surface area contributed by atoms with Crippen LogP contribution in [0.15, 0.2) is 52.8 Å². The van der Waals surface area contributed by atoms with Crippen LogP contribution in [0.2, 0.25) is 10.0 Å². The maximum atomic E-state index is 12.9. The molecule has 0 bridgehead atoms. The minimum atomic E-state index is -0.973. The van der Waals surface area contributed by atoms with Crippen molar-refractivity contribution in [3.63, 3.8) is 0 Å². The highest BCUT2D eigenvalue weighted by molar-refractivity contribution is 6.31. The standard InChI is InChI=1S/C19H15Cl2N5O3/c1-10-2-3-12(21)8-14(10)22-15(27)9-25-17-16(23-24-25)18(28)26(19(17)29)13-6-4-11(20)5-7-13/h2-8,16-17H,9H2,1H3,(H,22,27)/t16-,17-/m0/s1. The van der Waals surface area contributed by atoms with Gasteiger partial charge in [0.05, 0.1) is 5.69 Å². The monoisotopic (exact) mass is 431 g/mol. The van der Waals surface area contributed by atoms with Crippen molar-refractivity contribution >= 4 is 52.3 Å². The third kappa shape index (κ3) is 3.56. The number of carbonyl (C=O) groups is 3. The van der Waals surface area contributed by atoms with Gasteiger partial charge >= 0.3 is 0 Å². The lowest BCUT2D eigenvalue weighted by molar-refractivity contribution is -0.123. The van der Waals surface area contributed by atoms with E-state index in [-0.39, 0.29) is 6.54 Å². The van der Waals surface area contributed by atoms with Crippen LogP contribution in [0.4, 0.5) is 11.4 Å². The third-order valence-corrected chi connectivity index (χ3v) is 5.21. The molecule has 2 aliphatic rings. The molecule has 148 valence electrons. The lowest BCUT2D eigenvalue weighted by atomic mass is 10.1. The van der Waals surface area contributed by atoms with Crippen molar-refractivity contribution < 1.29 is 14.4 Å². The predicted molar refractivity (Wildman–Crippen MR) is 108 cm³/mol. The van der Waals surface area contributed by atoms with E-state index in [2.05, 4.69) is 15.7 Å². The molecule has 0 spiro atoms. The maximum Gasteiger partial charge on any atom is 0.263 e. The van der Waals surface area contributed by atoms with Crippen molar-refractivity contribution in [1.82, 2.24) is 5.01 Å². The van der Waals surface area contributed by atoms with Crippen LogP contribution in [0.1, 0.15) is 5.56 Å². The van der Waals surface area contributed by atoms with Crippen LogP contribution in [0.3, 0.4) is 0 Å². The Balaban J connectivity index is 1.49. The molecule has 2 aromatic rings. The van der Waals surface area contributed by atoms with Gasteiger partial charge in [0.1, 0.15) is 6.54 Å². The Bertz CT molecular complexity index is 1040. The molecule has 0 aromatic heterocycles. The molecule has 8 nitrogen and oxygen atoms in total. The number of imide groups is 1. The number of aryl methyl sites for hydroxylation is 1. The first-order chi connectivity index (χ1) is 13.8. The van der Waals surface area contributed by atoms with Crippen LogP contribution in [-0.4, -0.2) is 41.4 Å². The molecule has 1 saturated heterocycles. The van der Waals surface area contributed by atoms with Crippen molar-refractivity contribution in [3.8, 4) is 0 Å². The van der Waals surface area contributed by atoms with Gasteiger partial charge in [0, 0.05) is 15.7 Å². The minimum Gasteiger partial charge on any atom is -0.324 e. The van der Waals surface area contributed by atoms with Crippen LogP contribution < -0.4 is 10.2 Å². The van der Waals surface area contributed by atoms with Gasteiger partial charge in [-0.2, -0.15) is 5.11 Å². The van der Waals surface area contributed by atoms with Gasteiger partial charge in [-0.3, -0.25) is 19.4 Å². The van der Waals surface area contributed by atoms with Gasteiger partial charge in [0.25, 0.3) is 11.8 Å². The van der Waals surface area contributed by atoms with E-state index in [0.29, 0.717) is 21.4 Å². The number of amides is 3. The number of hydrogen-bond acceptors (Lipinski definition) is 6. The number of rotatable bonds is 4. The molecule has 2 heterocycles. The number of anilines is 2. The Morgan fingerprint density at radius 3 is 2.48 bits per heavy atom. The number of benzene rings is 2. The third-order valence-electron chi connectivity index (χ3n) is 4.72. The summed E-state index contributed by atoms with van der Waals surface area (Å²) in [6.07, 6.45) is 0. The van der Waals surface area contributed by atoms with Gasteiger partial charge in [-0.15, -0.1) is 0 Å². The van der Waals surface area contributed by atoms with Crippen LogP contribution >= 0.6 is 23.2 Å². The Morgan fingerprint density at radius 1 is 1.07 bits per heavy atom. The first-order valence-corrected chi connectivity index (χ1v) is 9.47. The van der Waals surface area contributed by atoms with Gasteiger partial charge in [-0.1, -0.05) is 34.5 Å². The van der Waals surface area contributed by atoms with E-state index in [9.17, 15) is 14.4 Å². The van der Waals surface area contributed by atoms with Crippen molar-refractivity contribution in [3.05, 3.63) is 58.1 Å². The second-order valence-corrected chi connectivity index (χ2v) is 7.56. The van der Waals surface area contributed by atoms with Crippen molar-refractivity contribution in [1.29, 1.82) is 0 Å². The lowest BCUT2D eigenvalue weighted by Gasteiger charge is -2.20. The zero-order valence-corrected chi connectivity index (χ0v) is 16.7. The van der Waals surface area contributed by atoms with Gasteiger partial charge in [-0.25, -0.2) is 4.90 Å². The van der Waals surface area contributed by atoms with E-state index in [4.69, 9.17) is 23.2 Å². The van der Waals surface area contributed by atoms with Crippen molar-refractivity contribution in [2.75, 3.05) is 16.8 Å². The molecular formula is C19H15Cl2N5O3. The van der Waals surface area contributed by atoms with E-state index in [1.54, 1.807) is 42.5 Å². The van der Waals surface area contributed by atoms with Gasteiger partial charge in [0.2, 0.25) is 5.91 Å². The van der Waals surface area contributed by atoms with E-state index in [1.165, 1.54) is 5.01 Å². The molecular weight excluding hydrogens is 417 g/mol. The summed E-state index contributed by atoms with van der Waals surface area (Å²) in [7, 11) is 0. The lowest BCUT2D eigenvalue weighted by Crippen LogP contribution is -2.43. The molecule has 10 heteroatoms. The highest BCUT2D eigenvalue weighted by Crippen LogP contribution is 2.32. The summed E-state index contributed by atoms with van der Waals surface area (Å²) in [4.78, 5) is 39.1. The molecule has 4 rings (SSSR count). The highest BCUT2D eigenvalue weighted by Gasteiger charge is 2.55. The van der Waals surface area contributed by atoms with E-state index >= 15 is 0 Å². The molecule has 0 unspecified atom stereocenters. The molecule has 29 heavy (non-hydrogen) atoms. The average Bonchev–Trinajstić information content (AvgIpc) is 3.19. The average molecular weight is 432 g/mol. The number of fused-ring (bicyclic) bond motifs is 1. The minimum absolute atomic E-state index is 0.232. The van der Waals surface area contributed by atoms with Gasteiger partial charge < -0.3 is 5.32 Å². The zero-order chi connectivity index (χ0) is 20.7. The van der Waals surface area contributed by atoms with Gasteiger partial charge in [-0.05, 0) is 48.9 Å². The van der Waals surface area contributed by atoms with Crippen molar-refractivity contribution in [2.45, 2.75) is 19.0 Å². The van der Waals surface area contributed by atoms with E-state index in [1.807, 2.05) is 6.92 Å². The Morgan fingerprint density at radius 2 is 1.76 bits per heavy atom. The second-order valence-electron chi connectivity index (χ2n) is 6.69. The molecule has 3 amide bonds. The molecule has 0 aliphatic carbocycles. The summed E-state index contributed by atoms with van der Waals surface area (Å²) in [5.41, 5.74) is 1.80. The van der Waals surface area contributed by atoms with Crippen LogP contribution in [0.5, 0.6) is 0 Å². The predicted octanol–water partition coefficient (Wildman–Crippen LogP) is 3.23. The first kappa shape index (κ1) is 19.4. The highest BCUT2D eigenvalue weighted by atomic mass is 35.5. The number of hydrogen-bond donors (Lipinski definition) is 1. The Kier molecular flexibility index (Phi) is 4.97. The van der Waals surface area contributed by atoms with Crippen molar-refractivity contribution in [2.24, 2.45) is 10.3 Å². The smallest absolute Gasteiger partial charge is 0.263 e. The molecule has 0 saturated carbocycles. The quantitative estimate of drug-likeness (QED) is 0.751. The fourth-order valence-electron chi connectivity index (χ4n) is 3.26. The summed E-state index contributed by atoms with van der Waals surface area (Å²) >= 11 is 11.8. The fraction of sp³-hybridized carbons (Fsp3) is 0.211. The topological polar surface area (TPSA) is 94.4 Å². The summed E-state index contributed by atoms with van der Waals surface area (Å²) in [6, 6.07) is 9.55. The molecule has 2 aromatic carbocycles. The molecule has 0 radical (unpaired) electrons. The van der Waals surface area contributed by atoms with Crippen LogP contribution in [-0.2, 0) is 14.4 Å². The maximum absolute atomic E-state index is 12.9. The molecule has 2 atom stereocenters. The second kappa shape index (κ2) is 7.46.